The van der Waals surface area contributed by atoms with Crippen molar-refractivity contribution in [1.82, 2.24) is 4.72 Å². The smallest absolute Gasteiger partial charge is 0.250 e. The van der Waals surface area contributed by atoms with E-state index in [0.29, 0.717) is 5.02 Å². The van der Waals surface area contributed by atoms with E-state index in [4.69, 9.17) is 16.7 Å². The van der Waals surface area contributed by atoms with Gasteiger partial charge < -0.3 is 5.11 Å². The van der Waals surface area contributed by atoms with E-state index in [1.165, 1.54) is 11.3 Å². The molecule has 92 valence electrons. The van der Waals surface area contributed by atoms with Crippen molar-refractivity contribution in [2.24, 2.45) is 0 Å². The highest BCUT2D eigenvalue weighted by molar-refractivity contribution is 7.91. The Hall–Kier alpha value is -0.660. The van der Waals surface area contributed by atoms with Crippen molar-refractivity contribution < 1.29 is 13.5 Å². The fourth-order valence-electron chi connectivity index (χ4n) is 1.37. The molecule has 2 aromatic rings. The molecule has 1 aromatic heterocycles. The van der Waals surface area contributed by atoms with Gasteiger partial charge in [-0.05, 0) is 29.7 Å². The Morgan fingerprint density at radius 3 is 2.82 bits per heavy atom. The van der Waals surface area contributed by atoms with Crippen molar-refractivity contribution in [2.45, 2.75) is 4.21 Å². The van der Waals surface area contributed by atoms with E-state index in [-0.39, 0.29) is 17.4 Å². The number of benzene rings is 1. The summed E-state index contributed by atoms with van der Waals surface area (Å²) in [4.78, 5) is 0. The van der Waals surface area contributed by atoms with Crippen LogP contribution in [-0.2, 0) is 10.0 Å². The van der Waals surface area contributed by atoms with Gasteiger partial charge in [0.05, 0.1) is 6.61 Å². The molecule has 0 bridgehead atoms. The second-order valence-corrected chi connectivity index (χ2v) is 6.88. The summed E-state index contributed by atoms with van der Waals surface area (Å²) in [5.41, 5.74) is 0. The third-order valence-electron chi connectivity index (χ3n) is 2.12. The number of fused-ring (bicyclic) bond motifs is 1. The molecular weight excluding hydrogens is 282 g/mol. The summed E-state index contributed by atoms with van der Waals surface area (Å²) in [5.74, 6) is 0. The van der Waals surface area contributed by atoms with Crippen LogP contribution in [0.4, 0.5) is 0 Å². The third-order valence-corrected chi connectivity index (χ3v) is 5.41. The minimum absolute atomic E-state index is 0.0112. The van der Waals surface area contributed by atoms with Crippen molar-refractivity contribution in [2.75, 3.05) is 13.2 Å². The molecule has 0 radical (unpaired) electrons. The molecule has 0 saturated carbocycles. The quantitative estimate of drug-likeness (QED) is 0.903. The van der Waals surface area contributed by atoms with E-state index in [1.54, 1.807) is 24.3 Å². The number of hydrogen-bond acceptors (Lipinski definition) is 4. The van der Waals surface area contributed by atoms with Gasteiger partial charge in [0.25, 0.3) is 0 Å². The Morgan fingerprint density at radius 1 is 1.35 bits per heavy atom. The van der Waals surface area contributed by atoms with Crippen LogP contribution in [0, 0.1) is 0 Å². The summed E-state index contributed by atoms with van der Waals surface area (Å²) in [5, 5.41) is 9.98. The van der Waals surface area contributed by atoms with Gasteiger partial charge in [-0.25, -0.2) is 13.1 Å². The van der Waals surface area contributed by atoms with Crippen molar-refractivity contribution in [3.63, 3.8) is 0 Å². The fourth-order valence-corrected chi connectivity index (χ4v) is 4.00. The van der Waals surface area contributed by atoms with Crippen LogP contribution in [0.25, 0.3) is 10.1 Å². The minimum Gasteiger partial charge on any atom is -0.395 e. The number of hydrogen-bond donors (Lipinski definition) is 2. The number of nitrogens with one attached hydrogen (secondary N) is 1. The molecular formula is C10H10ClNO3S2. The van der Waals surface area contributed by atoms with Gasteiger partial charge in [0.2, 0.25) is 10.0 Å². The first-order valence-electron chi connectivity index (χ1n) is 4.82. The molecule has 4 nitrogen and oxygen atoms in total. The first-order chi connectivity index (χ1) is 8.03. The van der Waals surface area contributed by atoms with E-state index < -0.39 is 10.0 Å². The molecule has 2 rings (SSSR count). The van der Waals surface area contributed by atoms with Gasteiger partial charge in [-0.3, -0.25) is 0 Å². The first kappa shape index (κ1) is 12.8. The highest BCUT2D eigenvalue weighted by Crippen LogP contribution is 2.30. The van der Waals surface area contributed by atoms with Gasteiger partial charge in [-0.2, -0.15) is 0 Å². The second-order valence-electron chi connectivity index (χ2n) is 3.37. The summed E-state index contributed by atoms with van der Waals surface area (Å²) in [6.07, 6.45) is 0. The van der Waals surface area contributed by atoms with Gasteiger partial charge in [0.1, 0.15) is 4.21 Å². The zero-order chi connectivity index (χ0) is 12.5. The lowest BCUT2D eigenvalue weighted by molar-refractivity contribution is 0.301. The highest BCUT2D eigenvalue weighted by atomic mass is 35.5. The Morgan fingerprint density at radius 2 is 2.12 bits per heavy atom. The summed E-state index contributed by atoms with van der Waals surface area (Å²) >= 11 is 7.00. The van der Waals surface area contributed by atoms with Crippen molar-refractivity contribution in [3.05, 3.63) is 29.3 Å². The lowest BCUT2D eigenvalue weighted by Crippen LogP contribution is -2.25. The van der Waals surface area contributed by atoms with Gasteiger partial charge in [-0.15, -0.1) is 11.3 Å². The molecule has 0 aliphatic carbocycles. The van der Waals surface area contributed by atoms with E-state index in [2.05, 4.69) is 4.72 Å². The maximum atomic E-state index is 11.8. The lowest BCUT2D eigenvalue weighted by atomic mass is 10.3. The normalized spacial score (nSPS) is 12.1. The average Bonchev–Trinajstić information content (AvgIpc) is 2.70. The zero-order valence-corrected chi connectivity index (χ0v) is 11.1. The number of halogens is 1. The summed E-state index contributed by atoms with van der Waals surface area (Å²) in [7, 11) is -3.53. The number of rotatable bonds is 4. The average molecular weight is 292 g/mol. The molecule has 0 amide bonds. The van der Waals surface area contributed by atoms with Crippen molar-refractivity contribution >= 4 is 43.0 Å². The molecule has 0 saturated heterocycles. The first-order valence-corrected chi connectivity index (χ1v) is 7.50. The maximum Gasteiger partial charge on any atom is 0.250 e. The molecule has 2 N–H and O–H groups in total. The molecule has 1 aromatic carbocycles. The Kier molecular flexibility index (Phi) is 3.70. The summed E-state index contributed by atoms with van der Waals surface area (Å²) in [6.45, 7) is -0.215. The van der Waals surface area contributed by atoms with Crippen LogP contribution in [0.15, 0.2) is 28.5 Å². The summed E-state index contributed by atoms with van der Waals surface area (Å²) in [6, 6.07) is 6.80. The van der Waals surface area contributed by atoms with Crippen LogP contribution < -0.4 is 4.72 Å². The van der Waals surface area contributed by atoms with Gasteiger partial charge >= 0.3 is 0 Å². The van der Waals surface area contributed by atoms with Crippen LogP contribution in [0.2, 0.25) is 5.02 Å². The molecule has 17 heavy (non-hydrogen) atoms. The molecule has 0 fully saturated rings. The molecule has 0 aliphatic heterocycles. The van der Waals surface area contributed by atoms with E-state index in [9.17, 15) is 8.42 Å². The monoisotopic (exact) mass is 291 g/mol. The van der Waals surface area contributed by atoms with E-state index in [1.807, 2.05) is 0 Å². The Balaban J connectivity index is 2.43. The summed E-state index contributed by atoms with van der Waals surface area (Å²) < 4.78 is 27.0. The Labute approximate surface area is 108 Å². The van der Waals surface area contributed by atoms with Gasteiger partial charge in [-0.1, -0.05) is 11.6 Å². The van der Waals surface area contributed by atoms with Crippen molar-refractivity contribution in [1.29, 1.82) is 0 Å². The number of aliphatic hydroxyl groups excluding tert-OH is 1. The topological polar surface area (TPSA) is 66.4 Å². The predicted molar refractivity (Wildman–Crippen MR) is 69.1 cm³/mol. The number of sulfonamides is 1. The van der Waals surface area contributed by atoms with Crippen molar-refractivity contribution in [3.8, 4) is 0 Å². The molecule has 0 spiro atoms. The Bertz CT molecular complexity index is 636. The fraction of sp³-hybridized carbons (Fsp3) is 0.200. The third kappa shape index (κ3) is 2.78. The van der Waals surface area contributed by atoms with Gasteiger partial charge in [0.15, 0.2) is 0 Å². The minimum atomic E-state index is -3.53. The van der Waals surface area contributed by atoms with Crippen LogP contribution >= 0.6 is 22.9 Å². The largest absolute Gasteiger partial charge is 0.395 e. The molecule has 0 unspecified atom stereocenters. The number of aliphatic hydroxyl groups is 1. The molecule has 1 heterocycles. The molecule has 0 atom stereocenters. The number of thiophene rings is 1. The maximum absolute atomic E-state index is 11.8. The molecule has 7 heteroatoms. The van der Waals surface area contributed by atoms with Crippen LogP contribution in [-0.4, -0.2) is 26.7 Å². The second kappa shape index (κ2) is 4.91. The van der Waals surface area contributed by atoms with Crippen LogP contribution in [0.5, 0.6) is 0 Å². The van der Waals surface area contributed by atoms with Crippen LogP contribution in [0.3, 0.4) is 0 Å². The van der Waals surface area contributed by atoms with Gasteiger partial charge in [0, 0.05) is 16.3 Å². The van der Waals surface area contributed by atoms with E-state index >= 15 is 0 Å². The lowest BCUT2D eigenvalue weighted by Gasteiger charge is -2.00. The predicted octanol–water partition coefficient (Wildman–Crippen LogP) is 1.83. The zero-order valence-electron chi connectivity index (χ0n) is 8.68. The SMILES string of the molecule is O=S(=O)(NCCO)c1cc2cc(Cl)ccc2s1. The standard InChI is InChI=1S/C10H10ClNO3S2/c11-8-1-2-9-7(5-8)6-10(16-9)17(14,15)12-3-4-13/h1-2,5-6,12-13H,3-4H2. The van der Waals surface area contributed by atoms with E-state index in [0.717, 1.165) is 10.1 Å². The molecule has 0 aliphatic rings. The highest BCUT2D eigenvalue weighted by Gasteiger charge is 2.16. The van der Waals surface area contributed by atoms with Crippen LogP contribution in [0.1, 0.15) is 0 Å².